The van der Waals surface area contributed by atoms with Crippen LogP contribution in [0.4, 0.5) is 17.2 Å². The molecular formula is C16H15N5O6. The molecule has 0 saturated carbocycles. The van der Waals surface area contributed by atoms with Crippen LogP contribution in [-0.4, -0.2) is 33.8 Å². The highest BCUT2D eigenvalue weighted by Gasteiger charge is 2.31. The summed E-state index contributed by atoms with van der Waals surface area (Å²) in [6, 6.07) is 5.30. The number of benzene rings is 1. The van der Waals surface area contributed by atoms with Crippen LogP contribution in [0.25, 0.3) is 0 Å². The van der Waals surface area contributed by atoms with Crippen LogP contribution in [0.15, 0.2) is 29.1 Å². The zero-order valence-corrected chi connectivity index (χ0v) is 14.1. The fourth-order valence-corrected chi connectivity index (χ4v) is 2.69. The van der Waals surface area contributed by atoms with Gasteiger partial charge in [-0.1, -0.05) is 0 Å². The Morgan fingerprint density at radius 2 is 2.07 bits per heavy atom. The number of carbonyl (C=O) groups excluding carboxylic acids is 2. The quantitative estimate of drug-likeness (QED) is 0.517. The highest BCUT2D eigenvalue weighted by molar-refractivity contribution is 5.99. The molecule has 0 saturated heterocycles. The number of amides is 2. The van der Waals surface area contributed by atoms with Gasteiger partial charge in [-0.2, -0.15) is 4.98 Å². The number of nitrogens with one attached hydrogen (secondary N) is 3. The minimum absolute atomic E-state index is 0.0200. The van der Waals surface area contributed by atoms with Crippen molar-refractivity contribution in [2.75, 3.05) is 17.7 Å². The number of hydrogen-bond donors (Lipinski definition) is 3. The SMILES string of the molecule is COc1nc2c(c(=O)[nH]1)CC(CC(=O)Nc1ccc([N+](=O)[O-])cc1)C(=O)N2. The minimum Gasteiger partial charge on any atom is -0.468 e. The van der Waals surface area contributed by atoms with Gasteiger partial charge in [-0.15, -0.1) is 0 Å². The van der Waals surface area contributed by atoms with Crippen LogP contribution in [0, 0.1) is 16.0 Å². The van der Waals surface area contributed by atoms with Crippen LogP contribution in [0.3, 0.4) is 0 Å². The standard InChI is InChI=1S/C16H15N5O6/c1-27-16-19-13-11(15(24)20-16)6-8(14(23)18-13)7-12(22)17-9-2-4-10(5-3-9)21(25)26/h2-5,8H,6-7H2,1H3,(H,17,22)(H2,18,19,20,23,24). The number of nitro groups is 1. The first-order valence-electron chi connectivity index (χ1n) is 7.89. The molecule has 11 nitrogen and oxygen atoms in total. The number of nitro benzene ring substituents is 1. The molecule has 0 bridgehead atoms. The second-order valence-corrected chi connectivity index (χ2v) is 5.85. The normalized spacial score (nSPS) is 15.4. The lowest BCUT2D eigenvalue weighted by atomic mass is 9.92. The topological polar surface area (TPSA) is 156 Å². The Morgan fingerprint density at radius 1 is 1.37 bits per heavy atom. The van der Waals surface area contributed by atoms with Crippen LogP contribution >= 0.6 is 0 Å². The molecule has 1 atom stereocenters. The number of ether oxygens (including phenoxy) is 1. The van der Waals surface area contributed by atoms with Crippen molar-refractivity contribution in [2.45, 2.75) is 12.8 Å². The number of methoxy groups -OCH3 is 1. The maximum atomic E-state index is 12.2. The van der Waals surface area contributed by atoms with E-state index in [-0.39, 0.29) is 35.9 Å². The van der Waals surface area contributed by atoms with Gasteiger partial charge in [-0.05, 0) is 18.6 Å². The average Bonchev–Trinajstić information content (AvgIpc) is 2.63. The molecule has 0 spiro atoms. The summed E-state index contributed by atoms with van der Waals surface area (Å²) in [6.45, 7) is 0. The first kappa shape index (κ1) is 18.0. The van der Waals surface area contributed by atoms with Crippen molar-refractivity contribution in [3.8, 4) is 6.01 Å². The number of fused-ring (bicyclic) bond motifs is 1. The third kappa shape index (κ3) is 3.92. The van der Waals surface area contributed by atoms with E-state index in [0.29, 0.717) is 5.69 Å². The average molecular weight is 373 g/mol. The molecule has 0 radical (unpaired) electrons. The van der Waals surface area contributed by atoms with Crippen LogP contribution in [0.1, 0.15) is 12.0 Å². The van der Waals surface area contributed by atoms with E-state index < -0.39 is 28.2 Å². The number of anilines is 2. The van der Waals surface area contributed by atoms with Crippen LogP contribution in [-0.2, 0) is 16.0 Å². The Labute approximate surface area is 151 Å². The largest absolute Gasteiger partial charge is 0.468 e. The van der Waals surface area contributed by atoms with Gasteiger partial charge in [0.25, 0.3) is 17.3 Å². The number of H-pyrrole nitrogens is 1. The van der Waals surface area contributed by atoms with Gasteiger partial charge in [-0.3, -0.25) is 29.5 Å². The zero-order chi connectivity index (χ0) is 19.6. The first-order chi connectivity index (χ1) is 12.9. The highest BCUT2D eigenvalue weighted by atomic mass is 16.6. The summed E-state index contributed by atoms with van der Waals surface area (Å²) in [5, 5.41) is 15.7. The summed E-state index contributed by atoms with van der Waals surface area (Å²) in [4.78, 5) is 53.0. The summed E-state index contributed by atoms with van der Waals surface area (Å²) in [5.74, 6) is -1.51. The fraction of sp³-hybridized carbons (Fsp3) is 0.250. The number of rotatable bonds is 5. The maximum absolute atomic E-state index is 12.2. The van der Waals surface area contributed by atoms with E-state index >= 15 is 0 Å². The van der Waals surface area contributed by atoms with Gasteiger partial charge >= 0.3 is 0 Å². The van der Waals surface area contributed by atoms with Gasteiger partial charge < -0.3 is 15.4 Å². The molecule has 11 heteroatoms. The number of carbonyl (C=O) groups is 2. The first-order valence-corrected chi connectivity index (χ1v) is 7.89. The second-order valence-electron chi connectivity index (χ2n) is 5.85. The lowest BCUT2D eigenvalue weighted by Crippen LogP contribution is -2.36. The molecule has 1 aliphatic rings. The summed E-state index contributed by atoms with van der Waals surface area (Å²) in [6.07, 6.45) is -0.102. The lowest BCUT2D eigenvalue weighted by molar-refractivity contribution is -0.384. The molecule has 3 N–H and O–H groups in total. The molecule has 0 aliphatic carbocycles. The number of aromatic nitrogens is 2. The molecular weight excluding hydrogens is 358 g/mol. The predicted octanol–water partition coefficient (Wildman–Crippen LogP) is 0.826. The molecule has 140 valence electrons. The smallest absolute Gasteiger partial charge is 0.298 e. The van der Waals surface area contributed by atoms with Crippen molar-refractivity contribution < 1.29 is 19.2 Å². The van der Waals surface area contributed by atoms with E-state index in [1.165, 1.54) is 31.4 Å². The molecule has 2 amide bonds. The van der Waals surface area contributed by atoms with Crippen LogP contribution in [0.2, 0.25) is 0 Å². The summed E-state index contributed by atoms with van der Waals surface area (Å²) < 4.78 is 4.85. The Hall–Kier alpha value is -3.76. The van der Waals surface area contributed by atoms with Gasteiger partial charge in [0.2, 0.25) is 11.8 Å². The maximum Gasteiger partial charge on any atom is 0.298 e. The lowest BCUT2D eigenvalue weighted by Gasteiger charge is -2.22. The van der Waals surface area contributed by atoms with E-state index in [1.807, 2.05) is 0 Å². The number of non-ortho nitro benzene ring substituents is 1. The third-order valence-corrected chi connectivity index (χ3v) is 4.04. The van der Waals surface area contributed by atoms with Crippen molar-refractivity contribution in [3.63, 3.8) is 0 Å². The zero-order valence-electron chi connectivity index (χ0n) is 14.1. The van der Waals surface area contributed by atoms with E-state index in [9.17, 15) is 24.5 Å². The van der Waals surface area contributed by atoms with Gasteiger partial charge in [0, 0.05) is 24.2 Å². The van der Waals surface area contributed by atoms with Gasteiger partial charge in [0.15, 0.2) is 0 Å². The van der Waals surface area contributed by atoms with Crippen molar-refractivity contribution in [1.29, 1.82) is 0 Å². The summed E-state index contributed by atoms with van der Waals surface area (Å²) in [7, 11) is 1.33. The minimum atomic E-state index is -0.744. The second kappa shape index (κ2) is 7.23. The van der Waals surface area contributed by atoms with Crippen molar-refractivity contribution in [3.05, 3.63) is 50.3 Å². The Balaban J connectivity index is 1.69. The summed E-state index contributed by atoms with van der Waals surface area (Å²) >= 11 is 0. The van der Waals surface area contributed by atoms with Crippen molar-refractivity contribution in [1.82, 2.24) is 9.97 Å². The number of aromatic amines is 1. The van der Waals surface area contributed by atoms with Crippen molar-refractivity contribution >= 4 is 29.0 Å². The fourth-order valence-electron chi connectivity index (χ4n) is 2.69. The molecule has 2 heterocycles. The third-order valence-electron chi connectivity index (χ3n) is 4.04. The van der Waals surface area contributed by atoms with Crippen LogP contribution in [0.5, 0.6) is 6.01 Å². The van der Waals surface area contributed by atoms with E-state index in [4.69, 9.17) is 4.74 Å². The van der Waals surface area contributed by atoms with Gasteiger partial charge in [0.1, 0.15) is 5.82 Å². The van der Waals surface area contributed by atoms with E-state index in [0.717, 1.165) is 0 Å². The number of nitrogens with zero attached hydrogens (tertiary/aromatic N) is 2. The van der Waals surface area contributed by atoms with Crippen LogP contribution < -0.4 is 20.9 Å². The molecule has 27 heavy (non-hydrogen) atoms. The molecule has 1 aliphatic heterocycles. The van der Waals surface area contributed by atoms with Gasteiger partial charge in [-0.25, -0.2) is 0 Å². The molecule has 2 aromatic rings. The summed E-state index contributed by atoms with van der Waals surface area (Å²) in [5.41, 5.74) is 0.0889. The Kier molecular flexibility index (Phi) is 4.83. The Morgan fingerprint density at radius 3 is 2.70 bits per heavy atom. The van der Waals surface area contributed by atoms with E-state index in [2.05, 4.69) is 20.6 Å². The molecule has 1 aromatic heterocycles. The highest BCUT2D eigenvalue weighted by Crippen LogP contribution is 2.24. The molecule has 3 rings (SSSR count). The van der Waals surface area contributed by atoms with Gasteiger partial charge in [0.05, 0.1) is 23.5 Å². The van der Waals surface area contributed by atoms with E-state index in [1.54, 1.807) is 0 Å². The van der Waals surface area contributed by atoms with Crippen molar-refractivity contribution in [2.24, 2.45) is 5.92 Å². The molecule has 0 fully saturated rings. The molecule has 1 unspecified atom stereocenters. The number of hydrogen-bond acceptors (Lipinski definition) is 7. The molecule has 1 aromatic carbocycles. The monoisotopic (exact) mass is 373 g/mol. The Bertz CT molecular complexity index is 968. The predicted molar refractivity (Wildman–Crippen MR) is 93.6 cm³/mol.